The van der Waals surface area contributed by atoms with Gasteiger partial charge in [0.05, 0.1) is 0 Å². The SMILES string of the molecule is O=C1NC(=S)NC(=O)C1=CN1CCc2ccccc21. The Morgan fingerprint density at radius 2 is 1.84 bits per heavy atom. The Morgan fingerprint density at radius 1 is 1.16 bits per heavy atom. The van der Waals surface area contributed by atoms with Crippen LogP contribution in [0.1, 0.15) is 5.56 Å². The molecule has 0 aliphatic carbocycles. The van der Waals surface area contributed by atoms with E-state index in [0.29, 0.717) is 0 Å². The summed E-state index contributed by atoms with van der Waals surface area (Å²) in [6.07, 6.45) is 2.49. The van der Waals surface area contributed by atoms with Crippen molar-refractivity contribution in [2.24, 2.45) is 0 Å². The van der Waals surface area contributed by atoms with Gasteiger partial charge < -0.3 is 4.90 Å². The van der Waals surface area contributed by atoms with Crippen molar-refractivity contribution in [3.05, 3.63) is 41.6 Å². The van der Waals surface area contributed by atoms with E-state index in [2.05, 4.69) is 10.6 Å². The van der Waals surface area contributed by atoms with E-state index in [1.165, 1.54) is 5.56 Å². The van der Waals surface area contributed by atoms with E-state index < -0.39 is 11.8 Å². The van der Waals surface area contributed by atoms with Gasteiger partial charge in [0.1, 0.15) is 5.57 Å². The molecule has 0 saturated carbocycles. The van der Waals surface area contributed by atoms with E-state index in [1.807, 2.05) is 29.2 Å². The zero-order chi connectivity index (χ0) is 13.4. The van der Waals surface area contributed by atoms with Gasteiger partial charge in [0, 0.05) is 18.4 Å². The number of rotatable bonds is 1. The molecule has 2 aliphatic rings. The highest BCUT2D eigenvalue weighted by atomic mass is 32.1. The summed E-state index contributed by atoms with van der Waals surface area (Å²) in [4.78, 5) is 25.4. The van der Waals surface area contributed by atoms with Crippen LogP contribution in [0.3, 0.4) is 0 Å². The Bertz CT molecular complexity index is 602. The maximum absolute atomic E-state index is 11.8. The second-order valence-electron chi connectivity index (χ2n) is 4.35. The van der Waals surface area contributed by atoms with Crippen molar-refractivity contribution in [2.45, 2.75) is 6.42 Å². The van der Waals surface area contributed by atoms with E-state index in [4.69, 9.17) is 12.2 Å². The third-order valence-electron chi connectivity index (χ3n) is 3.15. The molecule has 2 amide bonds. The predicted octanol–water partition coefficient (Wildman–Crippen LogP) is 0.464. The van der Waals surface area contributed by atoms with Crippen LogP contribution in [0.5, 0.6) is 0 Å². The molecule has 0 spiro atoms. The van der Waals surface area contributed by atoms with Crippen LogP contribution in [-0.2, 0) is 16.0 Å². The highest BCUT2D eigenvalue weighted by Crippen LogP contribution is 2.28. The van der Waals surface area contributed by atoms with Gasteiger partial charge in [0.2, 0.25) is 0 Å². The lowest BCUT2D eigenvalue weighted by molar-refractivity contribution is -0.123. The molecule has 2 N–H and O–H groups in total. The average Bonchev–Trinajstić information content (AvgIpc) is 2.77. The van der Waals surface area contributed by atoms with Crippen LogP contribution in [0, 0.1) is 0 Å². The van der Waals surface area contributed by atoms with Crippen molar-refractivity contribution in [2.75, 3.05) is 11.4 Å². The molecule has 0 aromatic heterocycles. The van der Waals surface area contributed by atoms with Gasteiger partial charge in [-0.25, -0.2) is 0 Å². The molecule has 96 valence electrons. The van der Waals surface area contributed by atoms with Crippen molar-refractivity contribution >= 4 is 34.8 Å². The molecule has 1 aromatic rings. The maximum atomic E-state index is 11.8. The molecule has 0 unspecified atom stereocenters. The maximum Gasteiger partial charge on any atom is 0.264 e. The molecular formula is C13H11N3O2S. The summed E-state index contributed by atoms with van der Waals surface area (Å²) in [7, 11) is 0. The third kappa shape index (κ3) is 2.10. The van der Waals surface area contributed by atoms with Crippen LogP contribution in [0.25, 0.3) is 0 Å². The second-order valence-corrected chi connectivity index (χ2v) is 4.76. The van der Waals surface area contributed by atoms with Crippen LogP contribution in [0.2, 0.25) is 0 Å². The number of carbonyl (C=O) groups is 2. The molecule has 1 fully saturated rings. The van der Waals surface area contributed by atoms with Gasteiger partial charge in [0.15, 0.2) is 5.11 Å². The summed E-state index contributed by atoms with van der Waals surface area (Å²) < 4.78 is 0. The smallest absolute Gasteiger partial charge is 0.264 e. The lowest BCUT2D eigenvalue weighted by Crippen LogP contribution is -2.51. The number of benzene rings is 1. The molecule has 0 atom stereocenters. The Balaban J connectivity index is 1.93. The summed E-state index contributed by atoms with van der Waals surface area (Å²) in [6.45, 7) is 0.758. The number of hydrogen-bond donors (Lipinski definition) is 2. The van der Waals surface area contributed by atoms with Crippen LogP contribution in [0.15, 0.2) is 36.0 Å². The molecule has 5 nitrogen and oxygen atoms in total. The topological polar surface area (TPSA) is 61.4 Å². The number of thiocarbonyl (C=S) groups is 1. The van der Waals surface area contributed by atoms with Crippen LogP contribution in [0.4, 0.5) is 5.69 Å². The van der Waals surface area contributed by atoms with Crippen molar-refractivity contribution in [1.82, 2.24) is 10.6 Å². The number of hydrogen-bond acceptors (Lipinski definition) is 4. The van der Waals surface area contributed by atoms with E-state index >= 15 is 0 Å². The van der Waals surface area contributed by atoms with Crippen molar-refractivity contribution < 1.29 is 9.59 Å². The lowest BCUT2D eigenvalue weighted by atomic mass is 10.2. The Kier molecular flexibility index (Phi) is 2.79. The fourth-order valence-electron chi connectivity index (χ4n) is 2.25. The predicted molar refractivity (Wildman–Crippen MR) is 74.5 cm³/mol. The summed E-state index contributed by atoms with van der Waals surface area (Å²) in [5.74, 6) is -0.920. The zero-order valence-corrected chi connectivity index (χ0v) is 10.8. The van der Waals surface area contributed by atoms with Crippen LogP contribution in [-0.4, -0.2) is 23.5 Å². The molecule has 1 aromatic carbocycles. The summed E-state index contributed by atoms with van der Waals surface area (Å²) in [5, 5.41) is 4.90. The van der Waals surface area contributed by atoms with E-state index in [1.54, 1.807) is 6.20 Å². The molecule has 0 radical (unpaired) electrons. The first-order valence-electron chi connectivity index (χ1n) is 5.88. The van der Waals surface area contributed by atoms with Gasteiger partial charge in [-0.1, -0.05) is 18.2 Å². The molecular weight excluding hydrogens is 262 g/mol. The molecule has 1 saturated heterocycles. The van der Waals surface area contributed by atoms with Gasteiger partial charge in [-0.2, -0.15) is 0 Å². The molecule has 2 heterocycles. The largest absolute Gasteiger partial charge is 0.346 e. The van der Waals surface area contributed by atoms with Crippen molar-refractivity contribution in [3.8, 4) is 0 Å². The Morgan fingerprint density at radius 3 is 2.58 bits per heavy atom. The normalized spacial score (nSPS) is 18.0. The number of fused-ring (bicyclic) bond motifs is 1. The number of amides is 2. The quantitative estimate of drug-likeness (QED) is 0.443. The number of anilines is 1. The van der Waals surface area contributed by atoms with E-state index in [9.17, 15) is 9.59 Å². The van der Waals surface area contributed by atoms with E-state index in [0.717, 1.165) is 18.7 Å². The van der Waals surface area contributed by atoms with E-state index in [-0.39, 0.29) is 10.7 Å². The highest BCUT2D eigenvalue weighted by Gasteiger charge is 2.28. The third-order valence-corrected chi connectivity index (χ3v) is 3.36. The van der Waals surface area contributed by atoms with Crippen molar-refractivity contribution in [1.29, 1.82) is 0 Å². The minimum atomic E-state index is -0.460. The highest BCUT2D eigenvalue weighted by molar-refractivity contribution is 7.80. The van der Waals surface area contributed by atoms with Gasteiger partial charge in [-0.3, -0.25) is 20.2 Å². The molecule has 6 heteroatoms. The molecule has 19 heavy (non-hydrogen) atoms. The number of para-hydroxylation sites is 1. The fourth-order valence-corrected chi connectivity index (χ4v) is 2.43. The van der Waals surface area contributed by atoms with Crippen LogP contribution < -0.4 is 15.5 Å². The first-order chi connectivity index (χ1) is 9.15. The lowest BCUT2D eigenvalue weighted by Gasteiger charge is -2.20. The Labute approximate surface area is 115 Å². The standard InChI is InChI=1S/C13H11N3O2S/c17-11-9(12(18)15-13(19)14-11)7-16-6-5-8-3-1-2-4-10(8)16/h1-4,7H,5-6H2,(H2,14,15,17,18,19). The fraction of sp³-hybridized carbons (Fsp3) is 0.154. The first kappa shape index (κ1) is 11.9. The summed E-state index contributed by atoms with van der Waals surface area (Å²) in [6, 6.07) is 7.94. The second kappa shape index (κ2) is 4.47. The van der Waals surface area contributed by atoms with Gasteiger partial charge >= 0.3 is 0 Å². The number of carbonyl (C=O) groups excluding carboxylic acids is 2. The zero-order valence-electron chi connectivity index (χ0n) is 9.97. The minimum Gasteiger partial charge on any atom is -0.346 e. The number of nitrogens with zero attached hydrogens (tertiary/aromatic N) is 1. The molecule has 2 aliphatic heterocycles. The van der Waals surface area contributed by atoms with Gasteiger partial charge in [0.25, 0.3) is 11.8 Å². The summed E-state index contributed by atoms with van der Waals surface area (Å²) in [5.41, 5.74) is 2.32. The number of nitrogens with one attached hydrogen (secondary N) is 2. The average molecular weight is 273 g/mol. The van der Waals surface area contributed by atoms with Crippen LogP contribution >= 0.6 is 12.2 Å². The monoisotopic (exact) mass is 273 g/mol. The Hall–Kier alpha value is -2.21. The van der Waals surface area contributed by atoms with Crippen molar-refractivity contribution in [3.63, 3.8) is 0 Å². The first-order valence-corrected chi connectivity index (χ1v) is 6.29. The molecule has 0 bridgehead atoms. The molecule has 3 rings (SSSR count). The van der Waals surface area contributed by atoms with Gasteiger partial charge in [-0.15, -0.1) is 0 Å². The minimum absolute atomic E-state index is 0.0500. The summed E-state index contributed by atoms with van der Waals surface area (Å²) >= 11 is 4.75. The van der Waals surface area contributed by atoms with Gasteiger partial charge in [-0.05, 0) is 30.3 Å².